The molecule has 1 fully saturated rings. The van der Waals surface area contributed by atoms with Crippen LogP contribution in [0.5, 0.6) is 0 Å². The number of alkyl halides is 3. The molecular formula is C24H22ClF3N2. The van der Waals surface area contributed by atoms with Crippen molar-refractivity contribution in [3.05, 3.63) is 94.6 Å². The number of hydrogen-bond donors (Lipinski definition) is 0. The Hall–Kier alpha value is -2.53. The minimum absolute atomic E-state index is 0.0472. The molecule has 1 aliphatic heterocycles. The van der Waals surface area contributed by atoms with Gasteiger partial charge in [-0.25, -0.2) is 4.98 Å². The van der Waals surface area contributed by atoms with E-state index in [0.29, 0.717) is 24.8 Å². The second kappa shape index (κ2) is 8.68. The first-order valence-electron chi connectivity index (χ1n) is 10.0. The van der Waals surface area contributed by atoms with Gasteiger partial charge >= 0.3 is 6.18 Å². The third kappa shape index (κ3) is 4.46. The Morgan fingerprint density at radius 1 is 0.900 bits per heavy atom. The monoisotopic (exact) mass is 430 g/mol. The summed E-state index contributed by atoms with van der Waals surface area (Å²) in [6, 6.07) is 21.9. The topological polar surface area (TPSA) is 16.1 Å². The first kappa shape index (κ1) is 20.7. The summed E-state index contributed by atoms with van der Waals surface area (Å²) in [6.45, 7) is 1.41. The molecule has 2 aromatic carbocycles. The Balaban J connectivity index is 1.53. The zero-order valence-corrected chi connectivity index (χ0v) is 17.1. The van der Waals surface area contributed by atoms with Crippen molar-refractivity contribution in [1.29, 1.82) is 0 Å². The number of piperidine rings is 1. The standard InChI is InChI=1S/C24H22ClF3N2/c25-21-15-20(24(26,27)28)16-29-23(21)30-13-11-19(12-14-30)22(17-7-3-1-4-8-17)18-9-5-2-6-10-18/h1-10,15-16,19,22H,11-14H2. The van der Waals surface area contributed by atoms with Crippen LogP contribution in [0.15, 0.2) is 72.9 Å². The lowest BCUT2D eigenvalue weighted by Crippen LogP contribution is -2.36. The van der Waals surface area contributed by atoms with Crippen molar-refractivity contribution in [1.82, 2.24) is 4.98 Å². The number of anilines is 1. The summed E-state index contributed by atoms with van der Waals surface area (Å²) in [5.41, 5.74) is 1.75. The molecule has 0 radical (unpaired) electrons. The number of halogens is 4. The van der Waals surface area contributed by atoms with Crippen LogP contribution in [0.3, 0.4) is 0 Å². The maximum absolute atomic E-state index is 12.9. The molecule has 156 valence electrons. The minimum atomic E-state index is -4.44. The molecule has 0 aliphatic carbocycles. The van der Waals surface area contributed by atoms with E-state index >= 15 is 0 Å². The Morgan fingerprint density at radius 3 is 1.90 bits per heavy atom. The highest BCUT2D eigenvalue weighted by molar-refractivity contribution is 6.33. The van der Waals surface area contributed by atoms with Crippen LogP contribution < -0.4 is 4.90 Å². The molecule has 30 heavy (non-hydrogen) atoms. The molecule has 2 heterocycles. The van der Waals surface area contributed by atoms with Crippen LogP contribution in [0.2, 0.25) is 5.02 Å². The maximum atomic E-state index is 12.9. The molecule has 3 aromatic rings. The van der Waals surface area contributed by atoms with E-state index in [4.69, 9.17) is 11.6 Å². The summed E-state index contributed by atoms with van der Waals surface area (Å²) in [5.74, 6) is 1.14. The lowest BCUT2D eigenvalue weighted by atomic mass is 9.76. The van der Waals surface area contributed by atoms with Gasteiger partial charge in [-0.2, -0.15) is 13.2 Å². The lowest BCUT2D eigenvalue weighted by molar-refractivity contribution is -0.137. The Kier molecular flexibility index (Phi) is 6.00. The fourth-order valence-electron chi connectivity index (χ4n) is 4.32. The third-order valence-electron chi connectivity index (χ3n) is 5.78. The summed E-state index contributed by atoms with van der Waals surface area (Å²) in [5, 5.41) is 0.0472. The van der Waals surface area contributed by atoms with Crippen LogP contribution in [0.4, 0.5) is 19.0 Å². The summed E-state index contributed by atoms with van der Waals surface area (Å²) in [6.07, 6.45) is -1.76. The van der Waals surface area contributed by atoms with Gasteiger partial charge in [0, 0.05) is 25.2 Å². The van der Waals surface area contributed by atoms with Crippen molar-refractivity contribution in [2.45, 2.75) is 24.9 Å². The number of hydrogen-bond acceptors (Lipinski definition) is 2. The molecule has 4 rings (SSSR count). The van der Waals surface area contributed by atoms with Crippen LogP contribution in [0.1, 0.15) is 35.4 Å². The van der Waals surface area contributed by atoms with Crippen molar-refractivity contribution in [2.24, 2.45) is 5.92 Å². The Labute approximate surface area is 179 Å². The number of nitrogens with zero attached hydrogens (tertiary/aromatic N) is 2. The number of benzene rings is 2. The second-order valence-corrected chi connectivity index (χ2v) is 8.06. The van der Waals surface area contributed by atoms with Gasteiger partial charge in [-0.3, -0.25) is 0 Å². The van der Waals surface area contributed by atoms with E-state index in [1.807, 2.05) is 17.0 Å². The quantitative estimate of drug-likeness (QED) is 0.452. The van der Waals surface area contributed by atoms with Gasteiger partial charge in [0.2, 0.25) is 0 Å². The van der Waals surface area contributed by atoms with Gasteiger partial charge in [-0.05, 0) is 36.0 Å². The van der Waals surface area contributed by atoms with Crippen molar-refractivity contribution in [3.63, 3.8) is 0 Å². The number of aromatic nitrogens is 1. The molecule has 1 aliphatic rings. The molecular weight excluding hydrogens is 409 g/mol. The number of rotatable bonds is 4. The lowest BCUT2D eigenvalue weighted by Gasteiger charge is -2.37. The van der Waals surface area contributed by atoms with Crippen LogP contribution in [0, 0.1) is 5.92 Å². The molecule has 0 unspecified atom stereocenters. The second-order valence-electron chi connectivity index (χ2n) is 7.65. The molecule has 0 spiro atoms. The molecule has 0 saturated carbocycles. The van der Waals surface area contributed by atoms with E-state index in [2.05, 4.69) is 53.5 Å². The molecule has 0 atom stereocenters. The minimum Gasteiger partial charge on any atom is -0.355 e. The predicted molar refractivity (Wildman–Crippen MR) is 114 cm³/mol. The van der Waals surface area contributed by atoms with Gasteiger partial charge in [-0.1, -0.05) is 72.3 Å². The average molecular weight is 431 g/mol. The van der Waals surface area contributed by atoms with Gasteiger partial charge in [0.15, 0.2) is 0 Å². The summed E-state index contributed by atoms with van der Waals surface area (Å²) in [4.78, 5) is 6.02. The average Bonchev–Trinajstić information content (AvgIpc) is 2.75. The first-order valence-corrected chi connectivity index (χ1v) is 10.4. The molecule has 1 aromatic heterocycles. The van der Waals surface area contributed by atoms with E-state index in [1.54, 1.807) is 0 Å². The molecule has 6 heteroatoms. The largest absolute Gasteiger partial charge is 0.417 e. The van der Waals surface area contributed by atoms with E-state index < -0.39 is 11.7 Å². The fraction of sp³-hybridized carbons (Fsp3) is 0.292. The van der Waals surface area contributed by atoms with Crippen molar-refractivity contribution in [3.8, 4) is 0 Å². The van der Waals surface area contributed by atoms with Gasteiger partial charge < -0.3 is 4.90 Å². The predicted octanol–water partition coefficient (Wildman–Crippen LogP) is 6.80. The SMILES string of the molecule is FC(F)(F)c1cnc(N2CCC(C(c3ccccc3)c3ccccc3)CC2)c(Cl)c1. The van der Waals surface area contributed by atoms with E-state index in [-0.39, 0.29) is 10.9 Å². The highest BCUT2D eigenvalue weighted by Gasteiger charge is 2.33. The molecule has 2 nitrogen and oxygen atoms in total. The Bertz CT molecular complexity index is 929. The third-order valence-corrected chi connectivity index (χ3v) is 6.06. The van der Waals surface area contributed by atoms with E-state index in [9.17, 15) is 13.2 Å². The van der Waals surface area contributed by atoms with Crippen LogP contribution in [0.25, 0.3) is 0 Å². The van der Waals surface area contributed by atoms with Crippen LogP contribution in [-0.2, 0) is 6.18 Å². The summed E-state index contributed by atoms with van der Waals surface area (Å²) < 4.78 is 38.7. The zero-order valence-electron chi connectivity index (χ0n) is 16.3. The number of pyridine rings is 1. The Morgan fingerprint density at radius 2 is 1.43 bits per heavy atom. The van der Waals surface area contributed by atoms with Crippen LogP contribution in [-0.4, -0.2) is 18.1 Å². The van der Waals surface area contributed by atoms with Gasteiger partial charge in [-0.15, -0.1) is 0 Å². The summed E-state index contributed by atoms with van der Waals surface area (Å²) in [7, 11) is 0. The first-order chi connectivity index (χ1) is 14.4. The smallest absolute Gasteiger partial charge is 0.355 e. The van der Waals surface area contributed by atoms with E-state index in [1.165, 1.54) is 11.1 Å². The van der Waals surface area contributed by atoms with Crippen LogP contribution >= 0.6 is 11.6 Å². The molecule has 1 saturated heterocycles. The maximum Gasteiger partial charge on any atom is 0.417 e. The van der Waals surface area contributed by atoms with Crippen molar-refractivity contribution in [2.75, 3.05) is 18.0 Å². The van der Waals surface area contributed by atoms with Crippen molar-refractivity contribution < 1.29 is 13.2 Å². The van der Waals surface area contributed by atoms with E-state index in [0.717, 1.165) is 25.1 Å². The normalized spacial score (nSPS) is 15.6. The fourth-order valence-corrected chi connectivity index (χ4v) is 4.61. The highest BCUT2D eigenvalue weighted by Crippen LogP contribution is 2.40. The van der Waals surface area contributed by atoms with Crippen molar-refractivity contribution >= 4 is 17.4 Å². The van der Waals surface area contributed by atoms with Gasteiger partial charge in [0.1, 0.15) is 5.82 Å². The molecule has 0 bridgehead atoms. The molecule has 0 amide bonds. The summed E-state index contributed by atoms with van der Waals surface area (Å²) >= 11 is 6.16. The zero-order chi connectivity index (χ0) is 21.1. The highest BCUT2D eigenvalue weighted by atomic mass is 35.5. The van der Waals surface area contributed by atoms with Gasteiger partial charge in [0.05, 0.1) is 10.6 Å². The molecule has 0 N–H and O–H groups in total. The van der Waals surface area contributed by atoms with Gasteiger partial charge in [0.25, 0.3) is 0 Å².